The van der Waals surface area contributed by atoms with Crippen molar-refractivity contribution in [2.24, 2.45) is 5.14 Å². The Kier molecular flexibility index (Phi) is 3.54. The number of nitrogens with zero attached hydrogens (tertiary/aromatic N) is 1. The minimum absolute atomic E-state index is 0.0126. The Morgan fingerprint density at radius 3 is 2.88 bits per heavy atom. The predicted octanol–water partition coefficient (Wildman–Crippen LogP) is 0.597. The monoisotopic (exact) mass is 255 g/mol. The number of fused-ring (bicyclic) bond motifs is 1. The average Bonchev–Trinajstić information content (AvgIpc) is 2.47. The summed E-state index contributed by atoms with van der Waals surface area (Å²) in [6.45, 7) is 2.19. The molecule has 0 atom stereocenters. The Labute approximate surface area is 102 Å². The van der Waals surface area contributed by atoms with Crippen molar-refractivity contribution in [3.8, 4) is 0 Å². The van der Waals surface area contributed by atoms with Crippen molar-refractivity contribution in [1.29, 1.82) is 0 Å². The van der Waals surface area contributed by atoms with E-state index in [1.165, 1.54) is 0 Å². The number of anilines is 2. The van der Waals surface area contributed by atoms with Crippen LogP contribution in [0.15, 0.2) is 24.3 Å². The van der Waals surface area contributed by atoms with Crippen molar-refractivity contribution in [2.75, 3.05) is 35.6 Å². The van der Waals surface area contributed by atoms with Gasteiger partial charge in [-0.2, -0.15) is 0 Å². The fourth-order valence-corrected chi connectivity index (χ4v) is 2.46. The van der Waals surface area contributed by atoms with Crippen LogP contribution in [0.2, 0.25) is 0 Å². The molecule has 0 aromatic heterocycles. The van der Waals surface area contributed by atoms with E-state index in [4.69, 9.17) is 5.14 Å². The lowest BCUT2D eigenvalue weighted by atomic mass is 10.2. The first-order valence-corrected chi connectivity index (χ1v) is 7.36. The van der Waals surface area contributed by atoms with Crippen LogP contribution in [0.4, 0.5) is 11.4 Å². The maximum Gasteiger partial charge on any atom is 0.210 e. The van der Waals surface area contributed by atoms with E-state index in [1.54, 1.807) is 0 Å². The third-order valence-corrected chi connectivity index (χ3v) is 3.56. The second-order valence-electron chi connectivity index (χ2n) is 4.15. The van der Waals surface area contributed by atoms with Crippen LogP contribution in [0.5, 0.6) is 0 Å². The first-order valence-electron chi connectivity index (χ1n) is 5.64. The summed E-state index contributed by atoms with van der Waals surface area (Å²) < 4.78 is 22.0. The molecule has 1 heterocycles. The van der Waals surface area contributed by atoms with Gasteiger partial charge in [-0.15, -0.1) is 0 Å². The van der Waals surface area contributed by atoms with Crippen molar-refractivity contribution >= 4 is 21.4 Å². The molecule has 94 valence electrons. The molecular weight excluding hydrogens is 238 g/mol. The maximum atomic E-state index is 11.0. The van der Waals surface area contributed by atoms with Crippen molar-refractivity contribution in [3.05, 3.63) is 24.3 Å². The van der Waals surface area contributed by atoms with Gasteiger partial charge < -0.3 is 10.2 Å². The minimum atomic E-state index is -3.40. The van der Waals surface area contributed by atoms with Crippen LogP contribution in [-0.2, 0) is 10.0 Å². The smallest absolute Gasteiger partial charge is 0.210 e. The summed E-state index contributed by atoms with van der Waals surface area (Å²) >= 11 is 0. The van der Waals surface area contributed by atoms with Crippen LogP contribution in [-0.4, -0.2) is 33.8 Å². The largest absolute Gasteiger partial charge is 0.383 e. The lowest BCUT2D eigenvalue weighted by Gasteiger charge is -2.23. The number of hydrogen-bond acceptors (Lipinski definition) is 4. The zero-order valence-corrected chi connectivity index (χ0v) is 10.4. The molecule has 2 rings (SSSR count). The topological polar surface area (TPSA) is 75.4 Å². The van der Waals surface area contributed by atoms with Gasteiger partial charge in [-0.25, -0.2) is 13.6 Å². The van der Waals surface area contributed by atoms with Gasteiger partial charge >= 0.3 is 0 Å². The zero-order valence-electron chi connectivity index (χ0n) is 9.59. The van der Waals surface area contributed by atoms with Crippen LogP contribution in [0.25, 0.3) is 0 Å². The van der Waals surface area contributed by atoms with E-state index >= 15 is 0 Å². The van der Waals surface area contributed by atoms with Gasteiger partial charge in [0.15, 0.2) is 0 Å². The molecule has 0 aliphatic carbocycles. The second-order valence-corrected chi connectivity index (χ2v) is 5.89. The SMILES string of the molecule is NS(=O)(=O)CCN1CCCNc2ccccc21. The molecular formula is C11H17N3O2S. The van der Waals surface area contributed by atoms with Gasteiger partial charge in [0.05, 0.1) is 17.1 Å². The maximum absolute atomic E-state index is 11.0. The highest BCUT2D eigenvalue weighted by Gasteiger charge is 2.15. The van der Waals surface area contributed by atoms with E-state index in [-0.39, 0.29) is 5.75 Å². The van der Waals surface area contributed by atoms with Crippen LogP contribution >= 0.6 is 0 Å². The van der Waals surface area contributed by atoms with Crippen LogP contribution < -0.4 is 15.4 Å². The van der Waals surface area contributed by atoms with Crippen LogP contribution in [0, 0.1) is 0 Å². The third-order valence-electron chi connectivity index (χ3n) is 2.81. The van der Waals surface area contributed by atoms with Gasteiger partial charge in [0, 0.05) is 19.6 Å². The van der Waals surface area contributed by atoms with Crippen LogP contribution in [0.3, 0.4) is 0 Å². The molecule has 5 nitrogen and oxygen atoms in total. The number of hydrogen-bond donors (Lipinski definition) is 2. The summed E-state index contributed by atoms with van der Waals surface area (Å²) in [5, 5.41) is 8.37. The van der Waals surface area contributed by atoms with Gasteiger partial charge in [-0.3, -0.25) is 0 Å². The molecule has 0 saturated heterocycles. The number of nitrogens with one attached hydrogen (secondary N) is 1. The van der Waals surface area contributed by atoms with Crippen molar-refractivity contribution < 1.29 is 8.42 Å². The lowest BCUT2D eigenvalue weighted by Crippen LogP contribution is -2.32. The molecule has 1 aromatic rings. The number of rotatable bonds is 3. The molecule has 0 radical (unpaired) electrons. The highest BCUT2D eigenvalue weighted by Crippen LogP contribution is 2.27. The third kappa shape index (κ3) is 3.34. The number of sulfonamides is 1. The molecule has 6 heteroatoms. The van der Waals surface area contributed by atoms with E-state index in [2.05, 4.69) is 10.2 Å². The Morgan fingerprint density at radius 2 is 2.12 bits per heavy atom. The fourth-order valence-electron chi connectivity index (χ4n) is 1.98. The Balaban J connectivity index is 2.17. The minimum Gasteiger partial charge on any atom is -0.383 e. The van der Waals surface area contributed by atoms with Gasteiger partial charge in [0.2, 0.25) is 10.0 Å². The van der Waals surface area contributed by atoms with Gasteiger partial charge in [-0.1, -0.05) is 12.1 Å². The Morgan fingerprint density at radius 1 is 1.35 bits per heavy atom. The van der Waals surface area contributed by atoms with Crippen molar-refractivity contribution in [2.45, 2.75) is 6.42 Å². The molecule has 0 bridgehead atoms. The summed E-state index contributed by atoms with van der Waals surface area (Å²) in [6.07, 6.45) is 0.985. The summed E-state index contributed by atoms with van der Waals surface area (Å²) in [7, 11) is -3.40. The number of benzene rings is 1. The predicted molar refractivity (Wildman–Crippen MR) is 69.7 cm³/mol. The first kappa shape index (κ1) is 12.2. The molecule has 3 N–H and O–H groups in total. The summed E-state index contributed by atoms with van der Waals surface area (Å²) in [5.74, 6) is -0.0126. The number of para-hydroxylation sites is 2. The van der Waals surface area contributed by atoms with Crippen molar-refractivity contribution in [1.82, 2.24) is 0 Å². The highest BCUT2D eigenvalue weighted by atomic mass is 32.2. The molecule has 17 heavy (non-hydrogen) atoms. The van der Waals surface area contributed by atoms with E-state index in [9.17, 15) is 8.42 Å². The van der Waals surface area contributed by atoms with E-state index < -0.39 is 10.0 Å². The molecule has 0 amide bonds. The zero-order chi connectivity index (χ0) is 12.3. The molecule has 0 unspecified atom stereocenters. The molecule has 0 fully saturated rings. The van der Waals surface area contributed by atoms with E-state index in [0.717, 1.165) is 30.9 Å². The van der Waals surface area contributed by atoms with Gasteiger partial charge in [-0.05, 0) is 18.6 Å². The van der Waals surface area contributed by atoms with Crippen LogP contribution in [0.1, 0.15) is 6.42 Å². The van der Waals surface area contributed by atoms with E-state index in [1.807, 2.05) is 24.3 Å². The lowest BCUT2D eigenvalue weighted by molar-refractivity contribution is 0.596. The molecule has 1 aliphatic rings. The summed E-state index contributed by atoms with van der Waals surface area (Å²) in [5.41, 5.74) is 2.10. The number of nitrogens with two attached hydrogens (primary N) is 1. The quantitative estimate of drug-likeness (QED) is 0.829. The summed E-state index contributed by atoms with van der Waals surface area (Å²) in [6, 6.07) is 7.92. The first-order chi connectivity index (χ1) is 8.06. The molecule has 1 aromatic carbocycles. The Hall–Kier alpha value is -1.27. The highest BCUT2D eigenvalue weighted by molar-refractivity contribution is 7.89. The molecule has 0 spiro atoms. The Bertz CT molecular complexity index is 487. The number of primary sulfonamides is 1. The normalized spacial score (nSPS) is 15.9. The molecule has 1 aliphatic heterocycles. The molecule has 0 saturated carbocycles. The van der Waals surface area contributed by atoms with Crippen molar-refractivity contribution in [3.63, 3.8) is 0 Å². The average molecular weight is 255 g/mol. The second kappa shape index (κ2) is 4.93. The standard InChI is InChI=1S/C11H17N3O2S/c12-17(15,16)9-8-14-7-3-6-13-10-4-1-2-5-11(10)14/h1-2,4-5,13H,3,6-9H2,(H2,12,15,16). The van der Waals surface area contributed by atoms with Gasteiger partial charge in [0.1, 0.15) is 0 Å². The van der Waals surface area contributed by atoms with Gasteiger partial charge in [0.25, 0.3) is 0 Å². The van der Waals surface area contributed by atoms with E-state index in [0.29, 0.717) is 6.54 Å². The summed E-state index contributed by atoms with van der Waals surface area (Å²) in [4.78, 5) is 2.07. The fraction of sp³-hybridized carbons (Fsp3) is 0.455.